The van der Waals surface area contributed by atoms with E-state index in [1.54, 1.807) is 51.4 Å². The summed E-state index contributed by atoms with van der Waals surface area (Å²) >= 11 is 0. The minimum absolute atomic E-state index is 0.0163. The lowest BCUT2D eigenvalue weighted by Gasteiger charge is -2.21. The normalized spacial score (nSPS) is 12.1. The molecule has 0 radical (unpaired) electrons. The molecular formula is C18H24N3O5P. The summed E-state index contributed by atoms with van der Waals surface area (Å²) in [6.45, 7) is 5.59. The Morgan fingerprint density at radius 2 is 1.85 bits per heavy atom. The molecule has 0 fully saturated rings. The lowest BCUT2D eigenvalue weighted by molar-refractivity contribution is 0.230. The number of ether oxygens (including phenoxy) is 1. The van der Waals surface area contributed by atoms with E-state index in [9.17, 15) is 9.67 Å². The zero-order valence-electron chi connectivity index (χ0n) is 15.8. The van der Waals surface area contributed by atoms with Gasteiger partial charge in [-0.15, -0.1) is 0 Å². The third-order valence-electron chi connectivity index (χ3n) is 3.58. The summed E-state index contributed by atoms with van der Waals surface area (Å²) in [5, 5.41) is 13.3. The minimum Gasteiger partial charge on any atom is -0.504 e. The van der Waals surface area contributed by atoms with E-state index in [0.717, 1.165) is 0 Å². The van der Waals surface area contributed by atoms with E-state index in [2.05, 4.69) is 15.3 Å². The van der Waals surface area contributed by atoms with Crippen LogP contribution < -0.4 is 10.1 Å². The number of nitrogens with zero attached hydrogens (tertiary/aromatic N) is 2. The minimum atomic E-state index is -3.65. The fourth-order valence-electron chi connectivity index (χ4n) is 2.39. The van der Waals surface area contributed by atoms with E-state index < -0.39 is 7.60 Å². The number of phenolic OH excluding ortho intramolecular Hbond substituents is 1. The maximum absolute atomic E-state index is 13.4. The fourth-order valence-corrected chi connectivity index (χ4v) is 4.09. The van der Waals surface area contributed by atoms with Gasteiger partial charge in [0.05, 0.1) is 25.6 Å². The molecule has 2 rings (SSSR count). The molecule has 1 aromatic carbocycles. The molecule has 0 amide bonds. The SMILES string of the molecule is CCOP(=O)(OCC)C(=CNc1ncccn1)c1cc(C)c(O)c(OC)c1. The van der Waals surface area contributed by atoms with Crippen molar-refractivity contribution in [2.24, 2.45) is 0 Å². The molecule has 2 N–H and O–H groups in total. The molecule has 1 aromatic heterocycles. The van der Waals surface area contributed by atoms with Crippen LogP contribution in [-0.4, -0.2) is 35.4 Å². The quantitative estimate of drug-likeness (QED) is 0.612. The second-order valence-corrected chi connectivity index (χ2v) is 7.42. The zero-order chi connectivity index (χ0) is 19.9. The Bertz CT molecular complexity index is 832. The molecule has 2 aromatic rings. The molecule has 0 atom stereocenters. The molecule has 1 heterocycles. The Balaban J connectivity index is 2.58. The molecule has 9 heteroatoms. The van der Waals surface area contributed by atoms with Crippen LogP contribution in [0.4, 0.5) is 5.95 Å². The molecule has 27 heavy (non-hydrogen) atoms. The molecule has 0 aliphatic carbocycles. The monoisotopic (exact) mass is 393 g/mol. The summed E-state index contributed by atoms with van der Waals surface area (Å²) in [5.74, 6) is 0.603. The Kier molecular flexibility index (Phi) is 7.36. The number of aromatic hydroxyl groups is 1. The second kappa shape index (κ2) is 9.50. The van der Waals surface area contributed by atoms with E-state index in [1.807, 2.05) is 0 Å². The van der Waals surface area contributed by atoms with Gasteiger partial charge < -0.3 is 24.2 Å². The van der Waals surface area contributed by atoms with Crippen LogP contribution in [-0.2, 0) is 13.6 Å². The van der Waals surface area contributed by atoms with Crippen molar-refractivity contribution in [3.63, 3.8) is 0 Å². The smallest absolute Gasteiger partial charge is 0.363 e. The molecule has 0 saturated heterocycles. The van der Waals surface area contributed by atoms with E-state index in [4.69, 9.17) is 13.8 Å². The Labute approximate surface area is 158 Å². The van der Waals surface area contributed by atoms with Gasteiger partial charge in [0.15, 0.2) is 11.5 Å². The van der Waals surface area contributed by atoms with E-state index in [-0.39, 0.29) is 30.0 Å². The number of hydrogen-bond donors (Lipinski definition) is 2. The van der Waals surface area contributed by atoms with Crippen LogP contribution in [0.2, 0.25) is 0 Å². The van der Waals surface area contributed by atoms with Crippen LogP contribution >= 0.6 is 7.60 Å². The van der Waals surface area contributed by atoms with E-state index >= 15 is 0 Å². The highest BCUT2D eigenvalue weighted by atomic mass is 31.2. The van der Waals surface area contributed by atoms with Crippen molar-refractivity contribution in [2.45, 2.75) is 20.8 Å². The van der Waals surface area contributed by atoms with Crippen LogP contribution in [0.25, 0.3) is 5.31 Å². The van der Waals surface area contributed by atoms with Crippen LogP contribution in [0.15, 0.2) is 36.8 Å². The standard InChI is InChI=1S/C18H24N3O5P/c1-5-25-27(23,26-6-2)16(12-21-18-19-8-7-9-20-18)14-10-13(3)17(22)15(11-14)24-4/h7-12,22H,5-6H2,1-4H3,(H,19,20,21). The highest BCUT2D eigenvalue weighted by Crippen LogP contribution is 2.61. The van der Waals surface area contributed by atoms with Gasteiger partial charge in [-0.3, -0.25) is 4.57 Å². The highest BCUT2D eigenvalue weighted by Gasteiger charge is 2.32. The Hall–Kier alpha value is -2.41. The number of hydrogen-bond acceptors (Lipinski definition) is 8. The fraction of sp³-hybridized carbons (Fsp3) is 0.333. The van der Waals surface area contributed by atoms with Gasteiger partial charge in [0.2, 0.25) is 5.95 Å². The molecule has 0 unspecified atom stereocenters. The largest absolute Gasteiger partial charge is 0.504 e. The summed E-state index contributed by atoms with van der Waals surface area (Å²) in [6, 6.07) is 4.95. The summed E-state index contributed by atoms with van der Waals surface area (Å²) in [6.07, 6.45) is 4.66. The van der Waals surface area contributed by atoms with Crippen LogP contribution in [0.3, 0.4) is 0 Å². The molecule has 0 aliphatic rings. The predicted octanol–water partition coefficient (Wildman–Crippen LogP) is 4.18. The van der Waals surface area contributed by atoms with Gasteiger partial charge in [0.1, 0.15) is 0 Å². The number of aryl methyl sites for hydroxylation is 1. The average molecular weight is 393 g/mol. The van der Waals surface area contributed by atoms with Gasteiger partial charge in [-0.05, 0) is 50.1 Å². The number of aromatic nitrogens is 2. The van der Waals surface area contributed by atoms with Crippen molar-refractivity contribution in [3.8, 4) is 11.5 Å². The van der Waals surface area contributed by atoms with Gasteiger partial charge in [0, 0.05) is 18.6 Å². The first-order valence-electron chi connectivity index (χ1n) is 8.46. The number of anilines is 1. The van der Waals surface area contributed by atoms with E-state index in [1.165, 1.54) is 13.3 Å². The van der Waals surface area contributed by atoms with Gasteiger partial charge in [-0.2, -0.15) is 0 Å². The Morgan fingerprint density at radius 3 is 2.41 bits per heavy atom. The lowest BCUT2D eigenvalue weighted by Crippen LogP contribution is -2.03. The topological polar surface area (TPSA) is 103 Å². The van der Waals surface area contributed by atoms with Crippen molar-refractivity contribution in [1.82, 2.24) is 9.97 Å². The van der Waals surface area contributed by atoms with Crippen molar-refractivity contribution < 1.29 is 23.5 Å². The zero-order valence-corrected chi connectivity index (χ0v) is 16.7. The summed E-state index contributed by atoms with van der Waals surface area (Å²) in [4.78, 5) is 8.16. The van der Waals surface area contributed by atoms with Crippen LogP contribution in [0.5, 0.6) is 11.5 Å². The van der Waals surface area contributed by atoms with Gasteiger partial charge in [0.25, 0.3) is 0 Å². The number of benzene rings is 1. The van der Waals surface area contributed by atoms with Gasteiger partial charge >= 0.3 is 7.60 Å². The van der Waals surface area contributed by atoms with E-state index in [0.29, 0.717) is 17.1 Å². The summed E-state index contributed by atoms with van der Waals surface area (Å²) in [7, 11) is -2.20. The third kappa shape index (κ3) is 5.07. The molecule has 0 aliphatic heterocycles. The Morgan fingerprint density at radius 1 is 1.22 bits per heavy atom. The van der Waals surface area contributed by atoms with Crippen LogP contribution in [0, 0.1) is 6.92 Å². The first kappa shape index (κ1) is 20.9. The maximum atomic E-state index is 13.4. The molecule has 8 nitrogen and oxygen atoms in total. The third-order valence-corrected chi connectivity index (χ3v) is 5.75. The highest BCUT2D eigenvalue weighted by molar-refractivity contribution is 7.65. The van der Waals surface area contributed by atoms with Crippen molar-refractivity contribution in [3.05, 3.63) is 47.9 Å². The summed E-state index contributed by atoms with van der Waals surface area (Å²) in [5.41, 5.74) is 1.08. The molecule has 0 spiro atoms. The van der Waals surface area contributed by atoms with Gasteiger partial charge in [-0.25, -0.2) is 9.97 Å². The lowest BCUT2D eigenvalue weighted by atomic mass is 10.1. The van der Waals surface area contributed by atoms with Crippen LogP contribution in [0.1, 0.15) is 25.0 Å². The molecule has 0 saturated carbocycles. The average Bonchev–Trinajstić information content (AvgIpc) is 2.65. The van der Waals surface area contributed by atoms with Crippen molar-refractivity contribution in [1.29, 1.82) is 0 Å². The number of nitrogens with one attached hydrogen (secondary N) is 1. The maximum Gasteiger partial charge on any atom is 0.363 e. The predicted molar refractivity (Wildman–Crippen MR) is 104 cm³/mol. The van der Waals surface area contributed by atoms with Gasteiger partial charge in [-0.1, -0.05) is 0 Å². The summed E-state index contributed by atoms with van der Waals surface area (Å²) < 4.78 is 29.7. The van der Waals surface area contributed by atoms with Crippen molar-refractivity contribution >= 4 is 18.9 Å². The molecular weight excluding hydrogens is 369 g/mol. The second-order valence-electron chi connectivity index (χ2n) is 5.42. The first-order chi connectivity index (χ1) is 12.9. The number of rotatable bonds is 9. The molecule has 0 bridgehead atoms. The van der Waals surface area contributed by atoms with Crippen molar-refractivity contribution in [2.75, 3.05) is 25.6 Å². The number of phenols is 1. The number of methoxy groups -OCH3 is 1. The first-order valence-corrected chi connectivity index (χ1v) is 10.0. The molecule has 146 valence electrons.